The maximum atomic E-state index is 12.1. The van der Waals surface area contributed by atoms with Crippen LogP contribution in [-0.4, -0.2) is 30.9 Å². The second-order valence-corrected chi connectivity index (χ2v) is 8.00. The summed E-state index contributed by atoms with van der Waals surface area (Å²) in [5.41, 5.74) is 7.18. The highest BCUT2D eigenvalue weighted by atomic mass is 16.5. The number of nitrogens with two attached hydrogens (primary N) is 1. The quantitative estimate of drug-likeness (QED) is 0.551. The van der Waals surface area contributed by atoms with E-state index >= 15 is 0 Å². The minimum Gasteiger partial charge on any atom is -0.494 e. The number of ether oxygens (including phenoxy) is 1. The monoisotopic (exact) mass is 411 g/mol. The first kappa shape index (κ1) is 22.9. The first-order chi connectivity index (χ1) is 14.1. The zero-order valence-corrected chi connectivity index (χ0v) is 17.7. The molecule has 0 unspecified atom stereocenters. The van der Waals surface area contributed by atoms with E-state index in [2.05, 4.69) is 43.5 Å². The van der Waals surface area contributed by atoms with Crippen LogP contribution in [0.2, 0.25) is 0 Å². The van der Waals surface area contributed by atoms with Crippen LogP contribution in [-0.2, 0) is 15.0 Å². The van der Waals surface area contributed by atoms with E-state index in [1.54, 1.807) is 24.3 Å². The minimum atomic E-state index is -0.625. The van der Waals surface area contributed by atoms with E-state index in [0.717, 1.165) is 5.75 Å². The lowest BCUT2D eigenvalue weighted by molar-refractivity contribution is -0.117. The van der Waals surface area contributed by atoms with Crippen molar-refractivity contribution in [1.82, 2.24) is 5.32 Å². The van der Waals surface area contributed by atoms with Crippen molar-refractivity contribution in [3.05, 3.63) is 59.7 Å². The zero-order valence-electron chi connectivity index (χ0n) is 17.7. The highest BCUT2D eigenvalue weighted by Gasteiger charge is 2.13. The normalized spacial score (nSPS) is 10.9. The van der Waals surface area contributed by atoms with Crippen LogP contribution in [0.25, 0.3) is 0 Å². The standard InChI is InChI=1S/C23H29N3O4/c1-23(2,3)17-9-11-19(12-10-17)30-13-5-8-21(28)26-18-7-4-6-16(14-18)22(29)25-15-20(24)27/h4,6-7,9-12,14H,5,8,13,15H2,1-3H3,(H2,24,27)(H,25,29)(H,26,28). The summed E-state index contributed by atoms with van der Waals surface area (Å²) in [5.74, 6) is -0.453. The van der Waals surface area contributed by atoms with Crippen LogP contribution in [0.15, 0.2) is 48.5 Å². The summed E-state index contributed by atoms with van der Waals surface area (Å²) >= 11 is 0. The van der Waals surface area contributed by atoms with Crippen LogP contribution < -0.4 is 21.1 Å². The molecule has 2 rings (SSSR count). The van der Waals surface area contributed by atoms with Crippen LogP contribution in [0.4, 0.5) is 5.69 Å². The predicted molar refractivity (Wildman–Crippen MR) is 116 cm³/mol. The van der Waals surface area contributed by atoms with Gasteiger partial charge in [-0.25, -0.2) is 0 Å². The first-order valence-corrected chi connectivity index (χ1v) is 9.85. The Morgan fingerprint density at radius 3 is 2.37 bits per heavy atom. The van der Waals surface area contributed by atoms with E-state index < -0.39 is 11.8 Å². The third-order valence-electron chi connectivity index (χ3n) is 4.37. The van der Waals surface area contributed by atoms with Gasteiger partial charge in [0.15, 0.2) is 0 Å². The Labute approximate surface area is 177 Å². The van der Waals surface area contributed by atoms with Crippen molar-refractivity contribution < 1.29 is 19.1 Å². The highest BCUT2D eigenvalue weighted by Crippen LogP contribution is 2.24. The molecule has 7 heteroatoms. The molecular formula is C23H29N3O4. The molecule has 4 N–H and O–H groups in total. The molecule has 160 valence electrons. The smallest absolute Gasteiger partial charge is 0.251 e. The SMILES string of the molecule is CC(C)(C)c1ccc(OCCCC(=O)Nc2cccc(C(=O)NCC(N)=O)c2)cc1. The van der Waals surface area contributed by atoms with Gasteiger partial charge in [0.1, 0.15) is 5.75 Å². The molecule has 0 spiro atoms. The summed E-state index contributed by atoms with van der Waals surface area (Å²) in [5, 5.41) is 5.16. The Morgan fingerprint density at radius 1 is 1.03 bits per heavy atom. The van der Waals surface area contributed by atoms with Gasteiger partial charge >= 0.3 is 0 Å². The van der Waals surface area contributed by atoms with E-state index in [4.69, 9.17) is 10.5 Å². The fourth-order valence-electron chi connectivity index (χ4n) is 2.71. The first-order valence-electron chi connectivity index (χ1n) is 9.85. The molecule has 0 aliphatic heterocycles. The molecule has 0 bridgehead atoms. The summed E-state index contributed by atoms with van der Waals surface area (Å²) < 4.78 is 5.70. The topological polar surface area (TPSA) is 111 Å². The van der Waals surface area contributed by atoms with Crippen molar-refractivity contribution in [2.24, 2.45) is 5.73 Å². The summed E-state index contributed by atoms with van der Waals surface area (Å²) in [4.78, 5) is 34.9. The van der Waals surface area contributed by atoms with Crippen molar-refractivity contribution in [1.29, 1.82) is 0 Å². The largest absolute Gasteiger partial charge is 0.494 e. The molecule has 0 aliphatic rings. The molecule has 0 atom stereocenters. The number of hydrogen-bond donors (Lipinski definition) is 3. The molecule has 30 heavy (non-hydrogen) atoms. The van der Waals surface area contributed by atoms with Gasteiger partial charge in [0, 0.05) is 17.7 Å². The number of rotatable bonds is 9. The second kappa shape index (κ2) is 10.4. The fraction of sp³-hybridized carbons (Fsp3) is 0.348. The fourth-order valence-corrected chi connectivity index (χ4v) is 2.71. The Bertz CT molecular complexity index is 886. The van der Waals surface area contributed by atoms with Gasteiger partial charge in [0.2, 0.25) is 11.8 Å². The average molecular weight is 412 g/mol. The third kappa shape index (κ3) is 7.58. The molecule has 0 aromatic heterocycles. The third-order valence-corrected chi connectivity index (χ3v) is 4.37. The van der Waals surface area contributed by atoms with E-state index in [9.17, 15) is 14.4 Å². The van der Waals surface area contributed by atoms with E-state index in [0.29, 0.717) is 24.3 Å². The zero-order chi connectivity index (χ0) is 22.1. The number of primary amides is 1. The summed E-state index contributed by atoms with van der Waals surface area (Å²) in [6.45, 7) is 6.66. The van der Waals surface area contributed by atoms with Crippen LogP contribution in [0.1, 0.15) is 49.5 Å². The van der Waals surface area contributed by atoms with Gasteiger partial charge in [-0.05, 0) is 47.7 Å². The van der Waals surface area contributed by atoms with Crippen molar-refractivity contribution in [3.8, 4) is 5.75 Å². The summed E-state index contributed by atoms with van der Waals surface area (Å²) in [6, 6.07) is 14.5. The molecule has 0 saturated heterocycles. The number of carbonyl (C=O) groups excluding carboxylic acids is 3. The molecule has 0 aliphatic carbocycles. The minimum absolute atomic E-state index is 0.0937. The molecule has 0 saturated carbocycles. The number of anilines is 1. The second-order valence-electron chi connectivity index (χ2n) is 8.00. The van der Waals surface area contributed by atoms with Crippen LogP contribution in [0.5, 0.6) is 5.75 Å². The maximum absolute atomic E-state index is 12.1. The average Bonchev–Trinajstić information content (AvgIpc) is 2.69. The Hall–Kier alpha value is -3.35. The number of carbonyl (C=O) groups is 3. The molecule has 0 radical (unpaired) electrons. The maximum Gasteiger partial charge on any atom is 0.251 e. The molecule has 0 fully saturated rings. The number of nitrogens with one attached hydrogen (secondary N) is 2. The van der Waals surface area contributed by atoms with Gasteiger partial charge < -0.3 is 21.1 Å². The lowest BCUT2D eigenvalue weighted by Gasteiger charge is -2.19. The predicted octanol–water partition coefficient (Wildman–Crippen LogP) is 3.00. The molecular weight excluding hydrogens is 382 g/mol. The molecule has 2 aromatic rings. The lowest BCUT2D eigenvalue weighted by Crippen LogP contribution is -2.33. The van der Waals surface area contributed by atoms with Crippen LogP contribution >= 0.6 is 0 Å². The van der Waals surface area contributed by atoms with Gasteiger partial charge in [0.25, 0.3) is 5.91 Å². The lowest BCUT2D eigenvalue weighted by atomic mass is 9.87. The summed E-state index contributed by atoms with van der Waals surface area (Å²) in [7, 11) is 0. The number of hydrogen-bond acceptors (Lipinski definition) is 4. The van der Waals surface area contributed by atoms with Crippen LogP contribution in [0.3, 0.4) is 0 Å². The van der Waals surface area contributed by atoms with E-state index in [1.165, 1.54) is 5.56 Å². The summed E-state index contributed by atoms with van der Waals surface area (Å²) in [6.07, 6.45) is 0.851. The van der Waals surface area contributed by atoms with Crippen molar-refractivity contribution >= 4 is 23.4 Å². The number of amides is 3. The van der Waals surface area contributed by atoms with Crippen LogP contribution in [0, 0.1) is 0 Å². The Morgan fingerprint density at radius 2 is 1.73 bits per heavy atom. The van der Waals surface area contributed by atoms with Gasteiger partial charge in [-0.1, -0.05) is 39.0 Å². The van der Waals surface area contributed by atoms with E-state index in [1.807, 2.05) is 12.1 Å². The van der Waals surface area contributed by atoms with Gasteiger partial charge in [0.05, 0.1) is 13.2 Å². The van der Waals surface area contributed by atoms with Crippen molar-refractivity contribution in [2.45, 2.75) is 39.0 Å². The van der Waals surface area contributed by atoms with Gasteiger partial charge in [-0.15, -0.1) is 0 Å². The Kier molecular flexibility index (Phi) is 7.98. The molecule has 3 amide bonds. The molecule has 2 aromatic carbocycles. The van der Waals surface area contributed by atoms with Gasteiger partial charge in [-0.3, -0.25) is 14.4 Å². The number of benzene rings is 2. The highest BCUT2D eigenvalue weighted by molar-refractivity contribution is 5.98. The van der Waals surface area contributed by atoms with Crippen molar-refractivity contribution in [3.63, 3.8) is 0 Å². The van der Waals surface area contributed by atoms with Crippen molar-refractivity contribution in [2.75, 3.05) is 18.5 Å². The molecule has 7 nitrogen and oxygen atoms in total. The van der Waals surface area contributed by atoms with Gasteiger partial charge in [-0.2, -0.15) is 0 Å². The molecule has 0 heterocycles. The van der Waals surface area contributed by atoms with E-state index in [-0.39, 0.29) is 24.3 Å². The Balaban J connectivity index is 1.76.